The summed E-state index contributed by atoms with van der Waals surface area (Å²) in [7, 11) is 0. The highest BCUT2D eigenvalue weighted by molar-refractivity contribution is 5.45. The zero-order valence-corrected chi connectivity index (χ0v) is 11.9. The Balaban J connectivity index is 1.96. The third kappa shape index (κ3) is 2.56. The van der Waals surface area contributed by atoms with E-state index in [0.717, 1.165) is 18.3 Å². The number of nitrogens with zero attached hydrogens (tertiary/aromatic N) is 2. The van der Waals surface area contributed by atoms with Crippen LogP contribution >= 0.6 is 0 Å². The van der Waals surface area contributed by atoms with E-state index < -0.39 is 0 Å². The van der Waals surface area contributed by atoms with Crippen molar-refractivity contribution in [2.75, 3.05) is 0 Å². The molecule has 0 spiro atoms. The van der Waals surface area contributed by atoms with E-state index in [9.17, 15) is 0 Å². The van der Waals surface area contributed by atoms with Crippen LogP contribution in [0.15, 0.2) is 24.5 Å². The van der Waals surface area contributed by atoms with Gasteiger partial charge >= 0.3 is 0 Å². The van der Waals surface area contributed by atoms with E-state index >= 15 is 0 Å². The van der Waals surface area contributed by atoms with Crippen molar-refractivity contribution in [3.05, 3.63) is 47.0 Å². The standard InChI is InChI=1S/C16H21N3/c1-11-4-7-16(19-10-18-12(2)13(19)3)14(8-11)9-17-15-5-6-15/h4,7-8,10,15,17H,5-6,9H2,1-3H3. The molecule has 1 aromatic heterocycles. The monoisotopic (exact) mass is 255 g/mol. The molecule has 0 unspecified atom stereocenters. The van der Waals surface area contributed by atoms with Gasteiger partial charge in [-0.25, -0.2) is 4.98 Å². The quantitative estimate of drug-likeness (QED) is 0.910. The summed E-state index contributed by atoms with van der Waals surface area (Å²) in [6.45, 7) is 7.28. The molecule has 19 heavy (non-hydrogen) atoms. The van der Waals surface area contributed by atoms with Crippen LogP contribution in [0.25, 0.3) is 5.69 Å². The zero-order chi connectivity index (χ0) is 13.4. The molecule has 100 valence electrons. The van der Waals surface area contributed by atoms with Crippen LogP contribution in [0.1, 0.15) is 35.4 Å². The number of nitrogens with one attached hydrogen (secondary N) is 1. The molecule has 1 fully saturated rings. The molecule has 1 heterocycles. The minimum Gasteiger partial charge on any atom is -0.310 e. The fourth-order valence-corrected chi connectivity index (χ4v) is 2.37. The first kappa shape index (κ1) is 12.4. The van der Waals surface area contributed by atoms with Gasteiger partial charge in [0.05, 0.1) is 17.7 Å². The summed E-state index contributed by atoms with van der Waals surface area (Å²) in [5, 5.41) is 3.60. The number of imidazole rings is 1. The first-order chi connectivity index (χ1) is 9.15. The van der Waals surface area contributed by atoms with Crippen molar-refractivity contribution in [1.82, 2.24) is 14.9 Å². The van der Waals surface area contributed by atoms with Gasteiger partial charge in [0.25, 0.3) is 0 Å². The number of hydrogen-bond donors (Lipinski definition) is 1. The van der Waals surface area contributed by atoms with Crippen LogP contribution in [0.4, 0.5) is 0 Å². The molecule has 1 saturated carbocycles. The summed E-state index contributed by atoms with van der Waals surface area (Å²) < 4.78 is 2.19. The van der Waals surface area contributed by atoms with Crippen molar-refractivity contribution in [3.8, 4) is 5.69 Å². The van der Waals surface area contributed by atoms with Crippen molar-refractivity contribution in [3.63, 3.8) is 0 Å². The second kappa shape index (κ2) is 4.82. The molecule has 2 aromatic rings. The van der Waals surface area contributed by atoms with Crippen molar-refractivity contribution in [2.45, 2.75) is 46.2 Å². The fraction of sp³-hybridized carbons (Fsp3) is 0.438. The topological polar surface area (TPSA) is 29.9 Å². The third-order valence-corrected chi connectivity index (χ3v) is 3.90. The Bertz CT molecular complexity index is 594. The molecule has 0 amide bonds. The van der Waals surface area contributed by atoms with Gasteiger partial charge in [-0.1, -0.05) is 17.7 Å². The maximum atomic E-state index is 4.41. The number of rotatable bonds is 4. The summed E-state index contributed by atoms with van der Waals surface area (Å²) >= 11 is 0. The van der Waals surface area contributed by atoms with Gasteiger partial charge in [-0.05, 0) is 45.2 Å². The highest BCUT2D eigenvalue weighted by atomic mass is 15.1. The predicted molar refractivity (Wildman–Crippen MR) is 77.6 cm³/mol. The summed E-state index contributed by atoms with van der Waals surface area (Å²) in [6.07, 6.45) is 4.57. The molecule has 0 atom stereocenters. The van der Waals surface area contributed by atoms with E-state index in [4.69, 9.17) is 0 Å². The van der Waals surface area contributed by atoms with Crippen molar-refractivity contribution < 1.29 is 0 Å². The summed E-state index contributed by atoms with van der Waals surface area (Å²) in [5.41, 5.74) is 6.23. The Morgan fingerprint density at radius 2 is 2.05 bits per heavy atom. The van der Waals surface area contributed by atoms with Gasteiger partial charge in [0.2, 0.25) is 0 Å². The van der Waals surface area contributed by atoms with E-state index in [2.05, 4.69) is 53.8 Å². The van der Waals surface area contributed by atoms with Gasteiger partial charge in [-0.15, -0.1) is 0 Å². The second-order valence-corrected chi connectivity index (χ2v) is 5.57. The molecular weight excluding hydrogens is 234 g/mol. The van der Waals surface area contributed by atoms with Gasteiger partial charge in [0.1, 0.15) is 0 Å². The Hall–Kier alpha value is -1.61. The summed E-state index contributed by atoms with van der Waals surface area (Å²) in [5.74, 6) is 0. The van der Waals surface area contributed by atoms with Crippen molar-refractivity contribution in [2.24, 2.45) is 0 Å². The van der Waals surface area contributed by atoms with Crippen LogP contribution < -0.4 is 5.32 Å². The van der Waals surface area contributed by atoms with Crippen LogP contribution in [-0.4, -0.2) is 15.6 Å². The Morgan fingerprint density at radius 3 is 2.68 bits per heavy atom. The highest BCUT2D eigenvalue weighted by Gasteiger charge is 2.20. The lowest BCUT2D eigenvalue weighted by molar-refractivity contribution is 0.683. The molecular formula is C16H21N3. The van der Waals surface area contributed by atoms with Crippen LogP contribution in [0.5, 0.6) is 0 Å². The van der Waals surface area contributed by atoms with Crippen molar-refractivity contribution >= 4 is 0 Å². The molecule has 1 aliphatic rings. The molecule has 0 saturated heterocycles. The molecule has 1 aromatic carbocycles. The number of hydrogen-bond acceptors (Lipinski definition) is 2. The van der Waals surface area contributed by atoms with Crippen LogP contribution in [-0.2, 0) is 6.54 Å². The number of aryl methyl sites for hydroxylation is 2. The average Bonchev–Trinajstić information content (AvgIpc) is 3.16. The number of benzene rings is 1. The van der Waals surface area contributed by atoms with Gasteiger partial charge in [-0.2, -0.15) is 0 Å². The average molecular weight is 255 g/mol. The van der Waals surface area contributed by atoms with E-state index in [-0.39, 0.29) is 0 Å². The largest absolute Gasteiger partial charge is 0.310 e. The normalized spacial score (nSPS) is 14.9. The number of aromatic nitrogens is 2. The molecule has 1 aliphatic carbocycles. The highest BCUT2D eigenvalue weighted by Crippen LogP contribution is 2.23. The fourth-order valence-electron chi connectivity index (χ4n) is 2.37. The summed E-state index contributed by atoms with van der Waals surface area (Å²) in [6, 6.07) is 7.39. The van der Waals surface area contributed by atoms with Crippen LogP contribution in [0, 0.1) is 20.8 Å². The Labute approximate surface area is 114 Å². The second-order valence-electron chi connectivity index (χ2n) is 5.57. The first-order valence-electron chi connectivity index (χ1n) is 6.99. The predicted octanol–water partition coefficient (Wildman–Crippen LogP) is 3.05. The molecule has 0 aliphatic heterocycles. The maximum Gasteiger partial charge on any atom is 0.0997 e. The van der Waals surface area contributed by atoms with E-state index in [1.54, 1.807) is 0 Å². The third-order valence-electron chi connectivity index (χ3n) is 3.90. The molecule has 1 N–H and O–H groups in total. The maximum absolute atomic E-state index is 4.41. The smallest absolute Gasteiger partial charge is 0.0997 e. The Kier molecular flexibility index (Phi) is 3.15. The molecule has 3 nitrogen and oxygen atoms in total. The van der Waals surface area contributed by atoms with E-state index in [1.807, 2.05) is 6.33 Å². The van der Waals surface area contributed by atoms with E-state index in [0.29, 0.717) is 0 Å². The molecule has 0 bridgehead atoms. The molecule has 3 heteroatoms. The SMILES string of the molecule is Cc1ccc(-n2cnc(C)c2C)c(CNC2CC2)c1. The van der Waals surface area contributed by atoms with E-state index in [1.165, 1.54) is 35.3 Å². The first-order valence-corrected chi connectivity index (χ1v) is 6.99. The van der Waals surface area contributed by atoms with Gasteiger partial charge in [0.15, 0.2) is 0 Å². The lowest BCUT2D eigenvalue weighted by Gasteiger charge is -2.14. The van der Waals surface area contributed by atoms with Gasteiger partial charge in [0, 0.05) is 18.3 Å². The lowest BCUT2D eigenvalue weighted by Crippen LogP contribution is -2.17. The lowest BCUT2D eigenvalue weighted by atomic mass is 10.1. The minimum atomic E-state index is 0.735. The zero-order valence-electron chi connectivity index (χ0n) is 11.9. The molecule has 3 rings (SSSR count). The van der Waals surface area contributed by atoms with Crippen LogP contribution in [0.3, 0.4) is 0 Å². The summed E-state index contributed by atoms with van der Waals surface area (Å²) in [4.78, 5) is 4.41. The Morgan fingerprint density at radius 1 is 1.26 bits per heavy atom. The minimum absolute atomic E-state index is 0.735. The van der Waals surface area contributed by atoms with Crippen LogP contribution in [0.2, 0.25) is 0 Å². The van der Waals surface area contributed by atoms with Gasteiger partial charge < -0.3 is 9.88 Å². The van der Waals surface area contributed by atoms with Crippen molar-refractivity contribution in [1.29, 1.82) is 0 Å². The van der Waals surface area contributed by atoms with Gasteiger partial charge in [-0.3, -0.25) is 0 Å². The molecule has 0 radical (unpaired) electrons.